The Labute approximate surface area is 148 Å². The maximum atomic E-state index is 13.0. The summed E-state index contributed by atoms with van der Waals surface area (Å²) in [6.45, 7) is 7.11. The predicted octanol–water partition coefficient (Wildman–Crippen LogP) is 2.34. The zero-order valence-electron chi connectivity index (χ0n) is 14.9. The average Bonchev–Trinajstić information content (AvgIpc) is 3.11. The van der Waals surface area contributed by atoms with Crippen LogP contribution in [-0.4, -0.2) is 46.7 Å². The van der Waals surface area contributed by atoms with Crippen molar-refractivity contribution in [2.24, 2.45) is 11.8 Å². The number of rotatable bonds is 3. The summed E-state index contributed by atoms with van der Waals surface area (Å²) in [5.74, 6) is 2.05. The minimum Gasteiger partial charge on any atom is -0.351 e. The predicted molar refractivity (Wildman–Crippen MR) is 100 cm³/mol. The zero-order chi connectivity index (χ0) is 17.0. The molecule has 0 bridgehead atoms. The summed E-state index contributed by atoms with van der Waals surface area (Å²) in [6.07, 6.45) is 4.17. The molecule has 1 saturated carbocycles. The number of hydrogen-bond donors (Lipinski definition) is 0. The molecule has 5 rings (SSSR count). The number of nitrogens with zero attached hydrogens (tertiary/aromatic N) is 4. The smallest absolute Gasteiger partial charge is 0.293 e. The third-order valence-corrected chi connectivity index (χ3v) is 6.56. The maximum Gasteiger partial charge on any atom is 0.293 e. The van der Waals surface area contributed by atoms with Gasteiger partial charge in [0.15, 0.2) is 5.82 Å². The average molecular weight is 338 g/mol. The first-order valence-electron chi connectivity index (χ1n) is 9.73. The van der Waals surface area contributed by atoms with Gasteiger partial charge in [-0.15, -0.1) is 0 Å². The van der Waals surface area contributed by atoms with Crippen molar-refractivity contribution in [1.29, 1.82) is 0 Å². The van der Waals surface area contributed by atoms with E-state index in [0.29, 0.717) is 24.2 Å². The van der Waals surface area contributed by atoms with Gasteiger partial charge in [0.1, 0.15) is 0 Å². The van der Waals surface area contributed by atoms with Crippen molar-refractivity contribution in [3.63, 3.8) is 0 Å². The van der Waals surface area contributed by atoms with E-state index in [1.165, 1.54) is 32.4 Å². The van der Waals surface area contributed by atoms with Crippen molar-refractivity contribution < 1.29 is 0 Å². The number of aromatic nitrogens is 2. The lowest BCUT2D eigenvalue weighted by atomic mass is 9.92. The number of hydrogen-bond acceptors (Lipinski definition) is 4. The molecule has 2 aliphatic heterocycles. The molecule has 2 aromatic rings. The Bertz CT molecular complexity index is 842. The highest BCUT2D eigenvalue weighted by Crippen LogP contribution is 2.37. The Balaban J connectivity index is 1.43. The van der Waals surface area contributed by atoms with E-state index in [9.17, 15) is 4.79 Å². The fraction of sp³-hybridized carbons (Fsp3) is 0.600. The quantitative estimate of drug-likeness (QED) is 0.861. The Morgan fingerprint density at radius 1 is 1.08 bits per heavy atom. The molecule has 25 heavy (non-hydrogen) atoms. The molecular weight excluding hydrogens is 312 g/mol. The van der Waals surface area contributed by atoms with Crippen LogP contribution in [0.2, 0.25) is 0 Å². The molecule has 0 unspecified atom stereocenters. The van der Waals surface area contributed by atoms with Crippen LogP contribution >= 0.6 is 0 Å². The summed E-state index contributed by atoms with van der Waals surface area (Å²) in [6, 6.07) is 8.82. The summed E-state index contributed by atoms with van der Waals surface area (Å²) < 4.78 is 1.87. The first-order valence-corrected chi connectivity index (χ1v) is 9.73. The molecule has 2 saturated heterocycles. The summed E-state index contributed by atoms with van der Waals surface area (Å²) in [5.41, 5.74) is 1.93. The maximum absolute atomic E-state index is 13.0. The van der Waals surface area contributed by atoms with Crippen LogP contribution < -0.4 is 10.5 Å². The highest BCUT2D eigenvalue weighted by atomic mass is 16.1. The zero-order valence-corrected chi connectivity index (χ0v) is 14.9. The normalized spacial score (nSPS) is 27.0. The van der Waals surface area contributed by atoms with Gasteiger partial charge in [-0.05, 0) is 43.7 Å². The highest BCUT2D eigenvalue weighted by Gasteiger charge is 2.43. The largest absolute Gasteiger partial charge is 0.351 e. The standard InChI is InChI=1S/C20H26N4O/c1-2-24-18-9-4-3-8-17(18)21-19(20(24)25)23-12-14-10-22(11-15(14)13-23)16-6-5-7-16/h3-4,8-9,14-16H,2,5-7,10-13H2,1H3/t14-,15+. The second-order valence-electron chi connectivity index (χ2n) is 7.94. The number of aryl methyl sites for hydroxylation is 1. The van der Waals surface area contributed by atoms with E-state index in [0.717, 1.165) is 30.2 Å². The van der Waals surface area contributed by atoms with Crippen LogP contribution in [0.25, 0.3) is 11.0 Å². The molecule has 5 heteroatoms. The molecule has 0 spiro atoms. The molecule has 3 fully saturated rings. The van der Waals surface area contributed by atoms with Gasteiger partial charge in [0.25, 0.3) is 5.56 Å². The number of likely N-dealkylation sites (tertiary alicyclic amines) is 1. The van der Waals surface area contributed by atoms with Crippen LogP contribution in [-0.2, 0) is 6.54 Å². The van der Waals surface area contributed by atoms with Crippen molar-refractivity contribution in [2.75, 3.05) is 31.1 Å². The molecule has 1 aliphatic carbocycles. The third kappa shape index (κ3) is 2.40. The van der Waals surface area contributed by atoms with Crippen LogP contribution in [0.15, 0.2) is 29.1 Å². The molecule has 0 N–H and O–H groups in total. The van der Waals surface area contributed by atoms with E-state index in [4.69, 9.17) is 4.98 Å². The van der Waals surface area contributed by atoms with E-state index in [2.05, 4.69) is 9.80 Å². The molecule has 0 amide bonds. The molecule has 132 valence electrons. The van der Waals surface area contributed by atoms with E-state index in [-0.39, 0.29) is 5.56 Å². The Morgan fingerprint density at radius 3 is 2.44 bits per heavy atom. The van der Waals surface area contributed by atoms with Crippen molar-refractivity contribution in [3.05, 3.63) is 34.6 Å². The van der Waals surface area contributed by atoms with Crippen LogP contribution in [0.1, 0.15) is 26.2 Å². The number of para-hydroxylation sites is 2. The van der Waals surface area contributed by atoms with Gasteiger partial charge in [-0.2, -0.15) is 0 Å². The number of benzene rings is 1. The minimum atomic E-state index is 0.0667. The number of anilines is 1. The van der Waals surface area contributed by atoms with Gasteiger partial charge in [-0.25, -0.2) is 4.98 Å². The molecule has 3 heterocycles. The van der Waals surface area contributed by atoms with Crippen LogP contribution in [0.3, 0.4) is 0 Å². The summed E-state index contributed by atoms with van der Waals surface area (Å²) in [4.78, 5) is 22.7. The van der Waals surface area contributed by atoms with Gasteiger partial charge in [0.05, 0.1) is 11.0 Å². The van der Waals surface area contributed by atoms with Gasteiger partial charge in [-0.1, -0.05) is 18.6 Å². The van der Waals surface area contributed by atoms with E-state index in [1.807, 2.05) is 35.8 Å². The van der Waals surface area contributed by atoms with Gasteiger partial charge >= 0.3 is 0 Å². The highest BCUT2D eigenvalue weighted by molar-refractivity contribution is 5.76. The summed E-state index contributed by atoms with van der Waals surface area (Å²) in [5, 5.41) is 0. The van der Waals surface area contributed by atoms with E-state index >= 15 is 0 Å². The second-order valence-corrected chi connectivity index (χ2v) is 7.94. The molecular formula is C20H26N4O. The Kier molecular flexibility index (Phi) is 3.59. The lowest BCUT2D eigenvalue weighted by Gasteiger charge is -2.35. The monoisotopic (exact) mass is 338 g/mol. The van der Waals surface area contributed by atoms with E-state index < -0.39 is 0 Å². The lowest BCUT2D eigenvalue weighted by Crippen LogP contribution is -2.41. The van der Waals surface area contributed by atoms with Crippen molar-refractivity contribution in [2.45, 2.75) is 38.8 Å². The summed E-state index contributed by atoms with van der Waals surface area (Å²) >= 11 is 0. The van der Waals surface area contributed by atoms with Crippen molar-refractivity contribution >= 4 is 16.9 Å². The molecule has 1 aromatic carbocycles. The lowest BCUT2D eigenvalue weighted by molar-refractivity contribution is 0.149. The number of fused-ring (bicyclic) bond motifs is 2. The molecule has 3 aliphatic rings. The van der Waals surface area contributed by atoms with Crippen molar-refractivity contribution in [3.8, 4) is 0 Å². The second kappa shape index (κ2) is 5.84. The van der Waals surface area contributed by atoms with Gasteiger partial charge in [0.2, 0.25) is 0 Å². The fourth-order valence-corrected chi connectivity index (χ4v) is 4.95. The Hall–Kier alpha value is -1.88. The third-order valence-electron chi connectivity index (χ3n) is 6.56. The fourth-order valence-electron chi connectivity index (χ4n) is 4.95. The SMILES string of the molecule is CCn1c(=O)c(N2C[C@@H]3CN(C4CCC4)C[C@@H]3C2)nc2ccccc21. The van der Waals surface area contributed by atoms with Crippen LogP contribution in [0.5, 0.6) is 0 Å². The van der Waals surface area contributed by atoms with Gasteiger partial charge < -0.3 is 9.47 Å². The summed E-state index contributed by atoms with van der Waals surface area (Å²) in [7, 11) is 0. The minimum absolute atomic E-state index is 0.0667. The first-order chi connectivity index (χ1) is 12.2. The molecule has 5 nitrogen and oxygen atoms in total. The van der Waals surface area contributed by atoms with Crippen LogP contribution in [0, 0.1) is 11.8 Å². The topological polar surface area (TPSA) is 41.4 Å². The van der Waals surface area contributed by atoms with Crippen molar-refractivity contribution in [1.82, 2.24) is 14.5 Å². The van der Waals surface area contributed by atoms with Gasteiger partial charge in [0, 0.05) is 38.8 Å². The molecule has 1 aromatic heterocycles. The first kappa shape index (κ1) is 15.4. The van der Waals surface area contributed by atoms with E-state index in [1.54, 1.807) is 0 Å². The molecule has 2 atom stereocenters. The van der Waals surface area contributed by atoms with Crippen LogP contribution in [0.4, 0.5) is 5.82 Å². The van der Waals surface area contributed by atoms with Gasteiger partial charge in [-0.3, -0.25) is 9.69 Å². The Morgan fingerprint density at radius 2 is 1.80 bits per heavy atom. The molecule has 0 radical (unpaired) electrons.